The average Bonchev–Trinajstić information content (AvgIpc) is 2.35. The topological polar surface area (TPSA) is 55.5 Å². The van der Waals surface area contributed by atoms with E-state index in [1.165, 1.54) is 6.07 Å². The molecule has 1 aromatic rings. The van der Waals surface area contributed by atoms with E-state index >= 15 is 0 Å². The number of aliphatic hydroxyl groups excluding tert-OH is 1. The lowest BCUT2D eigenvalue weighted by Crippen LogP contribution is -2.36. The Labute approximate surface area is 119 Å². The standard InChI is InChI=1S/C14H17F4NO2/c15-13(16)14(17,18)21-10-6-2-5-9(7-10)11(19)12(20)8-3-1-4-8/h2,5-8,11-13,20H,1,3-4,19H2/t11-,12+/m1/s1. The molecule has 3 nitrogen and oxygen atoms in total. The van der Waals surface area contributed by atoms with Gasteiger partial charge in [-0.15, -0.1) is 0 Å². The Morgan fingerprint density at radius 3 is 2.48 bits per heavy atom. The molecule has 1 fully saturated rings. The molecule has 0 spiro atoms. The molecule has 1 aromatic carbocycles. The fourth-order valence-electron chi connectivity index (χ4n) is 2.26. The Hall–Kier alpha value is -1.34. The molecule has 0 amide bonds. The van der Waals surface area contributed by atoms with Crippen molar-refractivity contribution in [3.63, 3.8) is 0 Å². The van der Waals surface area contributed by atoms with E-state index in [0.29, 0.717) is 5.56 Å². The van der Waals surface area contributed by atoms with Crippen LogP contribution in [0.15, 0.2) is 24.3 Å². The zero-order valence-corrected chi connectivity index (χ0v) is 11.2. The van der Waals surface area contributed by atoms with E-state index in [4.69, 9.17) is 5.73 Å². The second-order valence-electron chi connectivity index (χ2n) is 5.24. The van der Waals surface area contributed by atoms with E-state index in [1.54, 1.807) is 6.07 Å². The first-order valence-electron chi connectivity index (χ1n) is 6.70. The van der Waals surface area contributed by atoms with Crippen molar-refractivity contribution in [3.8, 4) is 5.75 Å². The minimum Gasteiger partial charge on any atom is -0.428 e. The maximum absolute atomic E-state index is 12.9. The van der Waals surface area contributed by atoms with Crippen molar-refractivity contribution in [2.75, 3.05) is 0 Å². The Balaban J connectivity index is 2.09. The van der Waals surface area contributed by atoms with Crippen LogP contribution in [-0.2, 0) is 0 Å². The van der Waals surface area contributed by atoms with E-state index in [9.17, 15) is 22.7 Å². The molecule has 3 N–H and O–H groups in total. The highest BCUT2D eigenvalue weighted by Crippen LogP contribution is 2.35. The number of hydrogen-bond acceptors (Lipinski definition) is 3. The van der Waals surface area contributed by atoms with Crippen molar-refractivity contribution in [2.24, 2.45) is 11.7 Å². The molecule has 2 rings (SSSR count). The van der Waals surface area contributed by atoms with Gasteiger partial charge in [0.1, 0.15) is 5.75 Å². The summed E-state index contributed by atoms with van der Waals surface area (Å²) in [6.45, 7) is 0. The Morgan fingerprint density at radius 2 is 1.95 bits per heavy atom. The smallest absolute Gasteiger partial charge is 0.428 e. The minimum atomic E-state index is -4.56. The molecule has 0 radical (unpaired) electrons. The molecule has 0 heterocycles. The summed E-state index contributed by atoms with van der Waals surface area (Å²) in [7, 11) is 0. The zero-order chi connectivity index (χ0) is 15.6. The molecule has 0 unspecified atom stereocenters. The lowest BCUT2D eigenvalue weighted by Gasteiger charge is -2.33. The van der Waals surface area contributed by atoms with Gasteiger partial charge in [0.05, 0.1) is 12.1 Å². The van der Waals surface area contributed by atoms with Crippen molar-refractivity contribution in [2.45, 2.75) is 43.9 Å². The molecule has 0 bridgehead atoms. The highest BCUT2D eigenvalue weighted by molar-refractivity contribution is 5.31. The number of halogens is 4. The fourth-order valence-corrected chi connectivity index (χ4v) is 2.26. The van der Waals surface area contributed by atoms with Gasteiger partial charge in [-0.1, -0.05) is 18.6 Å². The van der Waals surface area contributed by atoms with Crippen molar-refractivity contribution >= 4 is 0 Å². The summed E-state index contributed by atoms with van der Waals surface area (Å²) in [6.07, 6.45) is -6.50. The molecule has 1 aliphatic carbocycles. The van der Waals surface area contributed by atoms with Crippen LogP contribution in [0.25, 0.3) is 0 Å². The number of ether oxygens (including phenoxy) is 1. The Bertz CT molecular complexity index is 480. The second-order valence-corrected chi connectivity index (χ2v) is 5.24. The highest BCUT2D eigenvalue weighted by Gasteiger charge is 2.44. The predicted octanol–water partition coefficient (Wildman–Crippen LogP) is 3.08. The van der Waals surface area contributed by atoms with Gasteiger partial charge < -0.3 is 15.6 Å². The van der Waals surface area contributed by atoms with Gasteiger partial charge in [-0.3, -0.25) is 0 Å². The van der Waals surface area contributed by atoms with Crippen LogP contribution in [-0.4, -0.2) is 23.7 Å². The SMILES string of the molecule is N[C@H](c1cccc(OC(F)(F)C(F)F)c1)[C@@H](O)C1CCC1. The van der Waals surface area contributed by atoms with E-state index in [1.807, 2.05) is 0 Å². The number of nitrogens with two attached hydrogens (primary N) is 1. The third kappa shape index (κ3) is 3.65. The van der Waals surface area contributed by atoms with Crippen LogP contribution in [0, 0.1) is 5.92 Å². The predicted molar refractivity (Wildman–Crippen MR) is 68.3 cm³/mol. The first-order chi connectivity index (χ1) is 9.81. The monoisotopic (exact) mass is 307 g/mol. The van der Waals surface area contributed by atoms with E-state index in [-0.39, 0.29) is 5.92 Å². The second kappa shape index (κ2) is 6.19. The van der Waals surface area contributed by atoms with Crippen molar-refractivity contribution in [3.05, 3.63) is 29.8 Å². The first kappa shape index (κ1) is 16.0. The molecule has 2 atom stereocenters. The van der Waals surface area contributed by atoms with Gasteiger partial charge in [0.15, 0.2) is 0 Å². The van der Waals surface area contributed by atoms with Crippen LogP contribution in [0.5, 0.6) is 5.75 Å². The molecular formula is C14H17F4NO2. The van der Waals surface area contributed by atoms with Gasteiger partial charge in [-0.2, -0.15) is 17.6 Å². The van der Waals surface area contributed by atoms with Gasteiger partial charge in [-0.25, -0.2) is 0 Å². The summed E-state index contributed by atoms with van der Waals surface area (Å²) in [6, 6.07) is 4.45. The van der Waals surface area contributed by atoms with Crippen LogP contribution >= 0.6 is 0 Å². The zero-order valence-electron chi connectivity index (χ0n) is 11.2. The molecule has 0 saturated heterocycles. The normalized spacial score (nSPS) is 19.2. The third-order valence-electron chi connectivity index (χ3n) is 3.75. The molecule has 7 heteroatoms. The Kier molecular flexibility index (Phi) is 4.73. The van der Waals surface area contributed by atoms with Gasteiger partial charge in [0.25, 0.3) is 0 Å². The molecule has 21 heavy (non-hydrogen) atoms. The Morgan fingerprint density at radius 1 is 1.29 bits per heavy atom. The molecular weight excluding hydrogens is 290 g/mol. The number of aliphatic hydroxyl groups is 1. The van der Waals surface area contributed by atoms with Crippen molar-refractivity contribution in [1.82, 2.24) is 0 Å². The highest BCUT2D eigenvalue weighted by atomic mass is 19.3. The number of hydrogen-bond donors (Lipinski definition) is 2. The maximum atomic E-state index is 12.9. The summed E-state index contributed by atoms with van der Waals surface area (Å²) >= 11 is 0. The fraction of sp³-hybridized carbons (Fsp3) is 0.571. The lowest BCUT2D eigenvalue weighted by molar-refractivity contribution is -0.253. The summed E-state index contributed by atoms with van der Waals surface area (Å²) in [4.78, 5) is 0. The van der Waals surface area contributed by atoms with Gasteiger partial charge in [0, 0.05) is 0 Å². The summed E-state index contributed by atoms with van der Waals surface area (Å²) in [5, 5.41) is 10.1. The van der Waals surface area contributed by atoms with Crippen LogP contribution in [0.2, 0.25) is 0 Å². The van der Waals surface area contributed by atoms with Crippen LogP contribution in [0.3, 0.4) is 0 Å². The minimum absolute atomic E-state index is 0.0899. The van der Waals surface area contributed by atoms with Crippen LogP contribution < -0.4 is 10.5 Å². The van der Waals surface area contributed by atoms with Gasteiger partial charge in [0.2, 0.25) is 0 Å². The molecule has 1 aliphatic rings. The van der Waals surface area contributed by atoms with E-state index in [2.05, 4.69) is 4.74 Å². The summed E-state index contributed by atoms with van der Waals surface area (Å²) < 4.78 is 53.9. The van der Waals surface area contributed by atoms with Crippen LogP contribution in [0.4, 0.5) is 17.6 Å². The van der Waals surface area contributed by atoms with Crippen LogP contribution in [0.1, 0.15) is 30.9 Å². The van der Waals surface area contributed by atoms with Gasteiger partial charge >= 0.3 is 12.5 Å². The van der Waals surface area contributed by atoms with E-state index < -0.39 is 30.4 Å². The quantitative estimate of drug-likeness (QED) is 0.794. The number of rotatable bonds is 6. The molecule has 0 aromatic heterocycles. The average molecular weight is 307 g/mol. The van der Waals surface area contributed by atoms with Crippen molar-refractivity contribution in [1.29, 1.82) is 0 Å². The third-order valence-corrected chi connectivity index (χ3v) is 3.75. The largest absolute Gasteiger partial charge is 0.461 e. The maximum Gasteiger partial charge on any atom is 0.461 e. The molecule has 1 saturated carbocycles. The van der Waals surface area contributed by atoms with Crippen molar-refractivity contribution < 1.29 is 27.4 Å². The molecule has 118 valence electrons. The lowest BCUT2D eigenvalue weighted by atomic mass is 9.77. The number of benzene rings is 1. The van der Waals surface area contributed by atoms with Gasteiger partial charge in [-0.05, 0) is 36.5 Å². The first-order valence-corrected chi connectivity index (χ1v) is 6.70. The molecule has 0 aliphatic heterocycles. The number of alkyl halides is 4. The summed E-state index contributed by atoms with van der Waals surface area (Å²) in [5.74, 6) is -0.318. The summed E-state index contributed by atoms with van der Waals surface area (Å²) in [5.41, 5.74) is 6.27. The van der Waals surface area contributed by atoms with E-state index in [0.717, 1.165) is 31.4 Å².